The van der Waals surface area contributed by atoms with E-state index in [-0.39, 0.29) is 0 Å². The number of hydrogen-bond acceptors (Lipinski definition) is 4. The topological polar surface area (TPSA) is 42.2 Å². The van der Waals surface area contributed by atoms with Crippen LogP contribution in [0.3, 0.4) is 0 Å². The Labute approximate surface area is 266 Å². The van der Waals surface area contributed by atoms with E-state index in [0.29, 0.717) is 0 Å². The number of anilines is 3. The molecule has 4 aromatic carbocycles. The fourth-order valence-corrected chi connectivity index (χ4v) is 7.37. The van der Waals surface area contributed by atoms with Crippen LogP contribution in [0.2, 0.25) is 19.6 Å². The summed E-state index contributed by atoms with van der Waals surface area (Å²) in [6, 6.07) is 36.6. The number of furan rings is 1. The number of para-hydroxylation sites is 1. The van der Waals surface area contributed by atoms with Gasteiger partial charge in [-0.25, -0.2) is 0 Å². The normalized spacial score (nSPS) is 11.8. The lowest BCUT2D eigenvalue weighted by Crippen LogP contribution is -2.37. The van der Waals surface area contributed by atoms with Crippen LogP contribution in [-0.4, -0.2) is 18.0 Å². The zero-order valence-electron chi connectivity index (χ0n) is 26.7. The second-order valence-electron chi connectivity index (χ2n) is 13.0. The van der Waals surface area contributed by atoms with Crippen LogP contribution in [0, 0.1) is 20.8 Å². The highest BCUT2D eigenvalue weighted by molar-refractivity contribution is 6.88. The molecule has 0 unspecified atom stereocenters. The molecule has 0 spiro atoms. The SMILES string of the molecule is Cc1cc(C)c(N(c2cccc(-c3ccc([Si](C)(C)C)cn3)c2)c2cccc(-c3cc4c(cn3)oc3ccccc34)c2)c(C)c1. The Hall–Kier alpha value is -5.00. The molecular formula is C40H37N3OSi. The Bertz CT molecular complexity index is 2170. The fourth-order valence-electron chi connectivity index (χ4n) is 6.34. The van der Waals surface area contributed by atoms with Crippen LogP contribution >= 0.6 is 0 Å². The van der Waals surface area contributed by atoms with Crippen LogP contribution in [0.25, 0.3) is 44.5 Å². The highest BCUT2D eigenvalue weighted by Crippen LogP contribution is 2.41. The maximum absolute atomic E-state index is 6.05. The lowest BCUT2D eigenvalue weighted by atomic mass is 10.0. The quantitative estimate of drug-likeness (QED) is 0.177. The smallest absolute Gasteiger partial charge is 0.153 e. The lowest BCUT2D eigenvalue weighted by Gasteiger charge is -2.29. The summed E-state index contributed by atoms with van der Waals surface area (Å²) in [5.74, 6) is 0. The number of fused-ring (bicyclic) bond motifs is 3. The number of aromatic nitrogens is 2. The van der Waals surface area contributed by atoms with Gasteiger partial charge in [0.15, 0.2) is 5.58 Å². The zero-order chi connectivity index (χ0) is 31.3. The monoisotopic (exact) mass is 603 g/mol. The molecule has 0 bridgehead atoms. The molecule has 3 aromatic heterocycles. The maximum Gasteiger partial charge on any atom is 0.153 e. The zero-order valence-corrected chi connectivity index (χ0v) is 27.7. The number of pyridine rings is 2. The van der Waals surface area contributed by atoms with Crippen molar-refractivity contribution in [2.24, 2.45) is 0 Å². The fraction of sp³-hybridized carbons (Fsp3) is 0.150. The molecule has 4 nitrogen and oxygen atoms in total. The summed E-state index contributed by atoms with van der Waals surface area (Å²) < 4.78 is 6.05. The summed E-state index contributed by atoms with van der Waals surface area (Å²) in [5.41, 5.74) is 12.8. The predicted molar refractivity (Wildman–Crippen MR) is 192 cm³/mol. The van der Waals surface area contributed by atoms with Gasteiger partial charge in [-0.3, -0.25) is 9.97 Å². The summed E-state index contributed by atoms with van der Waals surface area (Å²) in [6.07, 6.45) is 3.91. The Morgan fingerprint density at radius 2 is 1.22 bits per heavy atom. The molecule has 0 aliphatic heterocycles. The summed E-state index contributed by atoms with van der Waals surface area (Å²) in [5, 5.41) is 3.54. The Kier molecular flexibility index (Phi) is 7.14. The van der Waals surface area contributed by atoms with Crippen LogP contribution < -0.4 is 10.1 Å². The van der Waals surface area contributed by atoms with E-state index in [1.165, 1.54) is 27.6 Å². The van der Waals surface area contributed by atoms with Crippen molar-refractivity contribution >= 4 is 52.3 Å². The van der Waals surface area contributed by atoms with E-state index < -0.39 is 8.07 Å². The summed E-state index contributed by atoms with van der Waals surface area (Å²) in [6.45, 7) is 13.6. The average molecular weight is 604 g/mol. The Balaban J connectivity index is 1.36. The minimum Gasteiger partial charge on any atom is -0.454 e. The van der Waals surface area contributed by atoms with Crippen molar-refractivity contribution < 1.29 is 4.42 Å². The van der Waals surface area contributed by atoms with Crippen molar-refractivity contribution in [2.45, 2.75) is 40.4 Å². The number of aryl methyl sites for hydroxylation is 3. The first-order valence-corrected chi connectivity index (χ1v) is 19.0. The maximum atomic E-state index is 6.05. The van der Waals surface area contributed by atoms with Gasteiger partial charge in [0.2, 0.25) is 0 Å². The van der Waals surface area contributed by atoms with E-state index >= 15 is 0 Å². The summed E-state index contributed by atoms with van der Waals surface area (Å²) in [7, 11) is -1.43. The van der Waals surface area contributed by atoms with Crippen molar-refractivity contribution in [1.82, 2.24) is 9.97 Å². The van der Waals surface area contributed by atoms with Crippen molar-refractivity contribution in [3.63, 3.8) is 0 Å². The van der Waals surface area contributed by atoms with Crippen molar-refractivity contribution in [2.75, 3.05) is 4.90 Å². The van der Waals surface area contributed by atoms with Gasteiger partial charge in [-0.15, -0.1) is 0 Å². The molecule has 0 aliphatic carbocycles. The summed E-state index contributed by atoms with van der Waals surface area (Å²) >= 11 is 0. The van der Waals surface area contributed by atoms with E-state index in [0.717, 1.165) is 55.8 Å². The van der Waals surface area contributed by atoms with E-state index in [9.17, 15) is 0 Å². The van der Waals surface area contributed by atoms with E-state index in [4.69, 9.17) is 14.4 Å². The van der Waals surface area contributed by atoms with Gasteiger partial charge in [-0.1, -0.05) is 85.9 Å². The van der Waals surface area contributed by atoms with Crippen molar-refractivity contribution in [3.05, 3.63) is 132 Å². The standard InChI is InChI=1S/C40H37N3OSi/c1-26-19-27(2)40(28(3)20-26)43(31-13-9-11-29(21-31)36-18-17-33(24-41-36)45(4,5)6)32-14-10-12-30(22-32)37-23-35-34-15-7-8-16-38(34)44-39(35)25-42-37/h7-25H,1-6H3. The molecule has 45 heavy (non-hydrogen) atoms. The van der Waals surface area contributed by atoms with Gasteiger partial charge in [0.25, 0.3) is 0 Å². The van der Waals surface area contributed by atoms with Crippen molar-refractivity contribution in [3.8, 4) is 22.5 Å². The van der Waals surface area contributed by atoms with Crippen LogP contribution in [0.1, 0.15) is 16.7 Å². The minimum absolute atomic E-state index is 0.798. The molecule has 0 saturated carbocycles. The van der Waals surface area contributed by atoms with Gasteiger partial charge in [-0.05, 0) is 79.5 Å². The van der Waals surface area contributed by atoms with Gasteiger partial charge in [0, 0.05) is 39.5 Å². The average Bonchev–Trinajstić information content (AvgIpc) is 3.40. The molecule has 7 aromatic rings. The Morgan fingerprint density at radius 1 is 0.578 bits per heavy atom. The molecular weight excluding hydrogens is 567 g/mol. The van der Waals surface area contributed by atoms with Crippen LogP contribution in [0.15, 0.2) is 120 Å². The molecule has 0 amide bonds. The van der Waals surface area contributed by atoms with Gasteiger partial charge in [0.1, 0.15) is 5.58 Å². The summed E-state index contributed by atoms with van der Waals surface area (Å²) in [4.78, 5) is 12.1. The van der Waals surface area contributed by atoms with Gasteiger partial charge in [-0.2, -0.15) is 0 Å². The van der Waals surface area contributed by atoms with Crippen LogP contribution in [0.4, 0.5) is 17.1 Å². The molecule has 0 aliphatic rings. The van der Waals surface area contributed by atoms with E-state index in [1.54, 1.807) is 0 Å². The molecule has 0 radical (unpaired) electrons. The molecule has 7 rings (SSSR count). The first-order valence-electron chi connectivity index (χ1n) is 15.5. The largest absolute Gasteiger partial charge is 0.454 e. The molecule has 0 atom stereocenters. The van der Waals surface area contributed by atoms with Gasteiger partial charge in [0.05, 0.1) is 31.3 Å². The highest BCUT2D eigenvalue weighted by atomic mass is 28.3. The number of rotatable bonds is 6. The third-order valence-electron chi connectivity index (χ3n) is 8.55. The first-order chi connectivity index (χ1) is 21.7. The number of hydrogen-bond donors (Lipinski definition) is 0. The van der Waals surface area contributed by atoms with Crippen LogP contribution in [0.5, 0.6) is 0 Å². The predicted octanol–water partition coefficient (Wildman–Crippen LogP) is 10.7. The number of benzene rings is 4. The Morgan fingerprint density at radius 3 is 1.87 bits per heavy atom. The second-order valence-corrected chi connectivity index (χ2v) is 18.1. The van der Waals surface area contributed by atoms with E-state index in [1.807, 2.05) is 24.4 Å². The molecule has 0 saturated heterocycles. The van der Waals surface area contributed by atoms with Crippen molar-refractivity contribution in [1.29, 1.82) is 0 Å². The molecule has 0 fully saturated rings. The third kappa shape index (κ3) is 5.45. The molecule has 3 heterocycles. The van der Waals surface area contributed by atoms with Gasteiger partial charge >= 0.3 is 0 Å². The minimum atomic E-state index is -1.43. The van der Waals surface area contributed by atoms with E-state index in [2.05, 4.69) is 136 Å². The molecule has 0 N–H and O–H groups in total. The second kappa shape index (κ2) is 11.2. The first kappa shape index (κ1) is 28.7. The lowest BCUT2D eigenvalue weighted by molar-refractivity contribution is 0.667. The highest BCUT2D eigenvalue weighted by Gasteiger charge is 2.20. The van der Waals surface area contributed by atoms with Crippen LogP contribution in [-0.2, 0) is 0 Å². The molecule has 5 heteroatoms. The third-order valence-corrected chi connectivity index (χ3v) is 10.6. The molecule has 222 valence electrons. The van der Waals surface area contributed by atoms with Gasteiger partial charge < -0.3 is 9.32 Å². The number of nitrogens with zero attached hydrogens (tertiary/aromatic N) is 3.